The van der Waals surface area contributed by atoms with Crippen LogP contribution in [0.3, 0.4) is 0 Å². The molecule has 0 aliphatic carbocycles. The number of anilines is 1. The van der Waals surface area contributed by atoms with Crippen molar-refractivity contribution in [3.8, 4) is 17.1 Å². The first-order chi connectivity index (χ1) is 16.3. The van der Waals surface area contributed by atoms with Crippen LogP contribution in [0.1, 0.15) is 19.3 Å². The molecule has 1 atom stereocenters. The quantitative estimate of drug-likeness (QED) is 0.394. The van der Waals surface area contributed by atoms with Crippen molar-refractivity contribution in [2.75, 3.05) is 11.9 Å². The van der Waals surface area contributed by atoms with E-state index in [1.165, 1.54) is 22.7 Å². The first-order valence-electron chi connectivity index (χ1n) is 10.5. The van der Waals surface area contributed by atoms with E-state index in [4.69, 9.17) is 0 Å². The maximum atomic E-state index is 13.0. The van der Waals surface area contributed by atoms with Crippen molar-refractivity contribution < 1.29 is 22.7 Å². The average molecular weight is 535 g/mol. The van der Waals surface area contributed by atoms with Crippen LogP contribution >= 0.6 is 15.9 Å². The topological polar surface area (TPSA) is 93.4 Å². The summed E-state index contributed by atoms with van der Waals surface area (Å²) < 4.78 is 45.2. The van der Waals surface area contributed by atoms with Gasteiger partial charge >= 0.3 is 6.36 Å². The highest BCUT2D eigenvalue weighted by Crippen LogP contribution is 2.35. The molecule has 3 heterocycles. The van der Waals surface area contributed by atoms with Gasteiger partial charge in [-0.15, -0.1) is 18.3 Å². The Morgan fingerprint density at radius 3 is 2.79 bits per heavy atom. The Labute approximate surface area is 199 Å². The second-order valence-corrected chi connectivity index (χ2v) is 8.71. The van der Waals surface area contributed by atoms with Crippen LogP contribution in [0.2, 0.25) is 0 Å². The molecule has 176 valence electrons. The zero-order valence-corrected chi connectivity index (χ0v) is 19.2. The minimum Gasteiger partial charge on any atom is -0.405 e. The van der Waals surface area contributed by atoms with Crippen molar-refractivity contribution in [1.29, 1.82) is 0 Å². The molecule has 0 spiro atoms. The number of nitrogens with zero attached hydrogens (tertiary/aromatic N) is 4. The van der Waals surface area contributed by atoms with Crippen molar-refractivity contribution in [3.05, 3.63) is 46.9 Å². The molecular weight excluding hydrogens is 517 g/mol. The fourth-order valence-electron chi connectivity index (χ4n) is 3.89. The van der Waals surface area contributed by atoms with E-state index in [0.717, 1.165) is 12.8 Å². The van der Waals surface area contributed by atoms with E-state index in [2.05, 4.69) is 46.4 Å². The fraction of sp³-hybridized carbons (Fsp3) is 0.273. The van der Waals surface area contributed by atoms with Crippen LogP contribution < -0.4 is 15.4 Å². The van der Waals surface area contributed by atoms with Gasteiger partial charge in [0, 0.05) is 16.4 Å². The lowest BCUT2D eigenvalue weighted by atomic mass is 10.1. The number of halogens is 4. The molecular formula is C22H18BrF3N6O2. The summed E-state index contributed by atoms with van der Waals surface area (Å²) in [5, 5.41) is 11.1. The molecule has 1 amide bonds. The number of rotatable bonds is 4. The summed E-state index contributed by atoms with van der Waals surface area (Å²) in [6.07, 6.45) is -2.54. The van der Waals surface area contributed by atoms with E-state index in [-0.39, 0.29) is 23.2 Å². The molecule has 0 radical (unpaired) electrons. The van der Waals surface area contributed by atoms with Gasteiger partial charge in [-0.25, -0.2) is 9.97 Å². The summed E-state index contributed by atoms with van der Waals surface area (Å²) in [6, 6.07) is 10.8. The normalized spacial score (nSPS) is 16.9. The predicted octanol–water partition coefficient (Wildman–Crippen LogP) is 4.69. The molecule has 5 rings (SSSR count). The van der Waals surface area contributed by atoms with Crippen LogP contribution in [0.5, 0.6) is 5.75 Å². The van der Waals surface area contributed by atoms with Crippen LogP contribution in [0.4, 0.5) is 19.1 Å². The minimum atomic E-state index is -4.88. The molecule has 1 fully saturated rings. The smallest absolute Gasteiger partial charge is 0.405 e. The van der Waals surface area contributed by atoms with Crippen LogP contribution in [0, 0.1) is 0 Å². The number of fused-ring (bicyclic) bond motifs is 3. The van der Waals surface area contributed by atoms with Gasteiger partial charge in [0.15, 0.2) is 11.5 Å². The first kappa shape index (κ1) is 22.4. The van der Waals surface area contributed by atoms with Gasteiger partial charge in [-0.1, -0.05) is 28.1 Å². The summed E-state index contributed by atoms with van der Waals surface area (Å²) in [5.41, 5.74) is 1.04. The van der Waals surface area contributed by atoms with Gasteiger partial charge in [0.05, 0.1) is 11.1 Å². The highest BCUT2D eigenvalue weighted by atomic mass is 79.9. The van der Waals surface area contributed by atoms with E-state index in [1.54, 1.807) is 12.1 Å². The van der Waals surface area contributed by atoms with Crippen LogP contribution in [-0.4, -0.2) is 44.4 Å². The number of para-hydroxylation sites is 1. The molecule has 8 nitrogen and oxygen atoms in total. The van der Waals surface area contributed by atoms with E-state index in [0.29, 0.717) is 34.0 Å². The van der Waals surface area contributed by atoms with Crippen molar-refractivity contribution in [3.63, 3.8) is 0 Å². The Morgan fingerprint density at radius 1 is 1.15 bits per heavy atom. The molecule has 12 heteroatoms. The third-order valence-corrected chi connectivity index (χ3v) is 5.92. The predicted molar refractivity (Wildman–Crippen MR) is 122 cm³/mol. The molecule has 2 aromatic heterocycles. The Kier molecular flexibility index (Phi) is 5.76. The van der Waals surface area contributed by atoms with Crippen molar-refractivity contribution in [2.24, 2.45) is 0 Å². The number of ether oxygens (including phenoxy) is 1. The number of aromatic nitrogens is 4. The zero-order chi connectivity index (χ0) is 23.9. The van der Waals surface area contributed by atoms with Crippen molar-refractivity contribution in [1.82, 2.24) is 24.9 Å². The van der Waals surface area contributed by atoms with Gasteiger partial charge in [0.25, 0.3) is 0 Å². The lowest BCUT2D eigenvalue weighted by Gasteiger charge is -2.16. The number of carbonyl (C=O) groups excluding carboxylic acids is 1. The third kappa shape index (κ3) is 4.49. The number of amides is 1. The van der Waals surface area contributed by atoms with Gasteiger partial charge in [-0.2, -0.15) is 4.52 Å². The number of nitrogens with one attached hydrogen (secondary N) is 2. The number of benzene rings is 2. The lowest BCUT2D eigenvalue weighted by molar-refractivity contribution is -0.274. The van der Waals surface area contributed by atoms with Gasteiger partial charge in [-0.3, -0.25) is 4.79 Å². The average Bonchev–Trinajstić information content (AvgIpc) is 3.14. The van der Waals surface area contributed by atoms with Crippen LogP contribution in [0.25, 0.3) is 27.9 Å². The molecule has 2 N–H and O–H groups in total. The summed E-state index contributed by atoms with van der Waals surface area (Å²) in [5.74, 6) is -0.287. The highest BCUT2D eigenvalue weighted by Gasteiger charge is 2.33. The maximum absolute atomic E-state index is 13.0. The Morgan fingerprint density at radius 2 is 1.97 bits per heavy atom. The Balaban J connectivity index is 1.67. The maximum Gasteiger partial charge on any atom is 0.573 e. The Bertz CT molecular complexity index is 1390. The molecule has 1 saturated heterocycles. The molecule has 0 saturated carbocycles. The first-order valence-corrected chi connectivity index (χ1v) is 11.3. The van der Waals surface area contributed by atoms with Gasteiger partial charge in [0.1, 0.15) is 11.8 Å². The fourth-order valence-corrected chi connectivity index (χ4v) is 4.25. The van der Waals surface area contributed by atoms with E-state index < -0.39 is 18.2 Å². The second kappa shape index (κ2) is 8.75. The van der Waals surface area contributed by atoms with E-state index in [1.807, 2.05) is 12.1 Å². The van der Waals surface area contributed by atoms with Gasteiger partial charge in [-0.05, 0) is 49.6 Å². The van der Waals surface area contributed by atoms with Crippen molar-refractivity contribution >= 4 is 44.3 Å². The second-order valence-electron chi connectivity index (χ2n) is 7.80. The third-order valence-electron chi connectivity index (χ3n) is 5.43. The SMILES string of the molecule is O=C1NCCCC[C@@H]1Nc1nc2ccccc2c2nc(-c3cc(Br)ccc3OC(F)(F)F)nn12. The van der Waals surface area contributed by atoms with E-state index in [9.17, 15) is 18.0 Å². The lowest BCUT2D eigenvalue weighted by Crippen LogP contribution is -2.38. The molecule has 0 unspecified atom stereocenters. The summed E-state index contributed by atoms with van der Waals surface area (Å²) in [6.45, 7) is 0.607. The number of carbonyl (C=O) groups is 1. The standard InChI is InChI=1S/C22H18BrF3N6O2/c23-12-8-9-17(34-22(24,25)26)14(11-12)18-30-19-13-5-1-2-6-15(13)28-21(32(19)31-18)29-16-7-3-4-10-27-20(16)33/h1-2,5-6,8-9,11,16H,3-4,7,10H2,(H,27,33)(H,28,29)/t16-/m0/s1. The van der Waals surface area contributed by atoms with E-state index >= 15 is 0 Å². The van der Waals surface area contributed by atoms with Gasteiger partial charge in [0.2, 0.25) is 11.9 Å². The largest absolute Gasteiger partial charge is 0.573 e. The highest BCUT2D eigenvalue weighted by molar-refractivity contribution is 9.10. The molecule has 2 aromatic carbocycles. The van der Waals surface area contributed by atoms with Crippen molar-refractivity contribution in [2.45, 2.75) is 31.7 Å². The molecule has 34 heavy (non-hydrogen) atoms. The van der Waals surface area contributed by atoms with Crippen LogP contribution in [0.15, 0.2) is 46.9 Å². The molecule has 1 aliphatic heterocycles. The monoisotopic (exact) mass is 534 g/mol. The summed E-state index contributed by atoms with van der Waals surface area (Å²) in [7, 11) is 0. The van der Waals surface area contributed by atoms with Crippen LogP contribution in [-0.2, 0) is 4.79 Å². The molecule has 1 aliphatic rings. The molecule has 4 aromatic rings. The zero-order valence-electron chi connectivity index (χ0n) is 17.6. The van der Waals surface area contributed by atoms with Gasteiger partial charge < -0.3 is 15.4 Å². The Hall–Kier alpha value is -3.41. The minimum absolute atomic E-state index is 0.0204. The number of hydrogen-bond acceptors (Lipinski definition) is 6. The summed E-state index contributed by atoms with van der Waals surface area (Å²) in [4.78, 5) is 21.6. The number of alkyl halides is 3. The number of hydrogen-bond donors (Lipinski definition) is 2. The summed E-state index contributed by atoms with van der Waals surface area (Å²) >= 11 is 3.28. The molecule has 0 bridgehead atoms.